The minimum absolute atomic E-state index is 0.0426. The number of rotatable bonds is 5. The van der Waals surface area contributed by atoms with E-state index in [2.05, 4.69) is 4.98 Å². The number of carboxylic acids is 1. The molecule has 6 nitrogen and oxygen atoms in total. The minimum Gasteiger partial charge on any atom is -0.478 e. The molecule has 0 spiro atoms. The van der Waals surface area contributed by atoms with Crippen molar-refractivity contribution in [2.45, 2.75) is 11.4 Å². The Balaban J connectivity index is 2.29. The number of hydrogen-bond donors (Lipinski definition) is 1. The molecule has 2 aromatic rings. The van der Waals surface area contributed by atoms with Crippen molar-refractivity contribution in [2.24, 2.45) is 0 Å². The minimum atomic E-state index is -3.74. The fourth-order valence-electron chi connectivity index (χ4n) is 1.80. The first kappa shape index (κ1) is 15.1. The molecule has 0 saturated heterocycles. The van der Waals surface area contributed by atoms with Crippen molar-refractivity contribution in [3.63, 3.8) is 0 Å². The van der Waals surface area contributed by atoms with Gasteiger partial charge in [0.2, 0.25) is 10.0 Å². The third kappa shape index (κ3) is 3.45. The van der Waals surface area contributed by atoms with Gasteiger partial charge in [0.1, 0.15) is 0 Å². The van der Waals surface area contributed by atoms with E-state index in [0.717, 1.165) is 11.6 Å². The Labute approximate surface area is 122 Å². The molecule has 0 aliphatic carbocycles. The number of aromatic nitrogens is 1. The van der Waals surface area contributed by atoms with E-state index >= 15 is 0 Å². The molecule has 2 rings (SSSR count). The molecule has 1 aromatic carbocycles. The fourth-order valence-corrected chi connectivity index (χ4v) is 3.01. The van der Waals surface area contributed by atoms with E-state index in [1.54, 1.807) is 24.5 Å². The summed E-state index contributed by atoms with van der Waals surface area (Å²) in [5.74, 6) is -1.16. The van der Waals surface area contributed by atoms with Crippen LogP contribution in [0.3, 0.4) is 0 Å². The van der Waals surface area contributed by atoms with E-state index in [4.69, 9.17) is 5.11 Å². The molecular weight excluding hydrogens is 292 g/mol. The molecule has 0 bridgehead atoms. The third-order valence-corrected chi connectivity index (χ3v) is 4.74. The standard InChI is InChI=1S/C14H14N2O4S/c1-16(10-11-5-7-15-8-6-11)21(19,20)13-4-2-3-12(9-13)14(17)18/h2-9H,10H2,1H3,(H,17,18). The maximum Gasteiger partial charge on any atom is 0.335 e. The molecule has 0 saturated carbocycles. The van der Waals surface area contributed by atoms with E-state index in [1.165, 1.54) is 29.6 Å². The summed E-state index contributed by atoms with van der Waals surface area (Å²) in [5.41, 5.74) is 0.735. The zero-order valence-electron chi connectivity index (χ0n) is 11.3. The molecule has 0 aliphatic rings. The Morgan fingerprint density at radius 1 is 1.24 bits per heavy atom. The molecule has 0 amide bonds. The second-order valence-electron chi connectivity index (χ2n) is 4.45. The first-order valence-electron chi connectivity index (χ1n) is 6.10. The lowest BCUT2D eigenvalue weighted by Gasteiger charge is -2.17. The van der Waals surface area contributed by atoms with Crippen molar-refractivity contribution in [2.75, 3.05) is 7.05 Å². The highest BCUT2D eigenvalue weighted by molar-refractivity contribution is 7.89. The van der Waals surface area contributed by atoms with Gasteiger partial charge in [0.25, 0.3) is 0 Å². The van der Waals surface area contributed by atoms with Crippen LogP contribution in [-0.2, 0) is 16.6 Å². The first-order chi connectivity index (χ1) is 9.91. The fraction of sp³-hybridized carbons (Fsp3) is 0.143. The van der Waals surface area contributed by atoms with Crippen LogP contribution in [0.4, 0.5) is 0 Å². The molecule has 1 N–H and O–H groups in total. The highest BCUT2D eigenvalue weighted by Gasteiger charge is 2.21. The summed E-state index contributed by atoms with van der Waals surface area (Å²) < 4.78 is 26.0. The Bertz CT molecular complexity index is 745. The van der Waals surface area contributed by atoms with Crippen LogP contribution in [0.1, 0.15) is 15.9 Å². The number of benzene rings is 1. The van der Waals surface area contributed by atoms with Crippen molar-refractivity contribution in [3.05, 3.63) is 59.9 Å². The Hall–Kier alpha value is -2.25. The van der Waals surface area contributed by atoms with E-state index < -0.39 is 16.0 Å². The van der Waals surface area contributed by atoms with Crippen LogP contribution in [0.5, 0.6) is 0 Å². The number of aromatic carboxylic acids is 1. The van der Waals surface area contributed by atoms with E-state index in [-0.39, 0.29) is 17.0 Å². The van der Waals surface area contributed by atoms with Gasteiger partial charge in [-0.3, -0.25) is 4.98 Å². The average molecular weight is 306 g/mol. The lowest BCUT2D eigenvalue weighted by atomic mass is 10.2. The largest absolute Gasteiger partial charge is 0.478 e. The number of pyridine rings is 1. The Morgan fingerprint density at radius 2 is 1.90 bits per heavy atom. The Morgan fingerprint density at radius 3 is 2.52 bits per heavy atom. The molecule has 21 heavy (non-hydrogen) atoms. The number of carboxylic acid groups (broad SMARTS) is 1. The summed E-state index contributed by atoms with van der Waals surface area (Å²) in [6.45, 7) is 0.183. The van der Waals surface area contributed by atoms with E-state index in [1.807, 2.05) is 0 Å². The molecule has 0 aliphatic heterocycles. The van der Waals surface area contributed by atoms with Crippen LogP contribution in [0.25, 0.3) is 0 Å². The van der Waals surface area contributed by atoms with Crippen LogP contribution in [-0.4, -0.2) is 35.8 Å². The van der Waals surface area contributed by atoms with Gasteiger partial charge in [0.05, 0.1) is 10.5 Å². The van der Waals surface area contributed by atoms with Crippen molar-refractivity contribution < 1.29 is 18.3 Å². The predicted octanol–water partition coefficient (Wildman–Crippen LogP) is 1.60. The summed E-state index contributed by atoms with van der Waals surface area (Å²) in [7, 11) is -2.30. The molecule has 1 aromatic heterocycles. The molecule has 0 atom stereocenters. The number of nitrogens with zero attached hydrogens (tertiary/aromatic N) is 2. The maximum absolute atomic E-state index is 12.4. The maximum atomic E-state index is 12.4. The summed E-state index contributed by atoms with van der Waals surface area (Å²) >= 11 is 0. The average Bonchev–Trinajstić information content (AvgIpc) is 2.48. The van der Waals surface area contributed by atoms with Crippen molar-refractivity contribution in [3.8, 4) is 0 Å². The van der Waals surface area contributed by atoms with Gasteiger partial charge in [-0.1, -0.05) is 6.07 Å². The van der Waals surface area contributed by atoms with Gasteiger partial charge in [-0.2, -0.15) is 4.31 Å². The third-order valence-electron chi connectivity index (χ3n) is 2.94. The van der Waals surface area contributed by atoms with Gasteiger partial charge >= 0.3 is 5.97 Å². The normalized spacial score (nSPS) is 11.5. The topological polar surface area (TPSA) is 87.6 Å². The van der Waals surface area contributed by atoms with Crippen LogP contribution in [0.15, 0.2) is 53.7 Å². The van der Waals surface area contributed by atoms with Gasteiger partial charge in [0, 0.05) is 26.0 Å². The predicted molar refractivity (Wildman–Crippen MR) is 76.3 cm³/mol. The number of hydrogen-bond acceptors (Lipinski definition) is 4. The van der Waals surface area contributed by atoms with Crippen LogP contribution >= 0.6 is 0 Å². The van der Waals surface area contributed by atoms with Crippen molar-refractivity contribution in [1.29, 1.82) is 0 Å². The van der Waals surface area contributed by atoms with Crippen LogP contribution in [0, 0.1) is 0 Å². The van der Waals surface area contributed by atoms with Crippen LogP contribution in [0.2, 0.25) is 0 Å². The summed E-state index contributed by atoms with van der Waals surface area (Å²) in [6, 6.07) is 8.74. The first-order valence-corrected chi connectivity index (χ1v) is 7.54. The zero-order chi connectivity index (χ0) is 15.5. The van der Waals surface area contributed by atoms with Crippen LogP contribution < -0.4 is 0 Å². The molecule has 1 heterocycles. The summed E-state index contributed by atoms with van der Waals surface area (Å²) in [5, 5.41) is 8.93. The summed E-state index contributed by atoms with van der Waals surface area (Å²) in [6.07, 6.45) is 3.17. The lowest BCUT2D eigenvalue weighted by molar-refractivity contribution is 0.0696. The SMILES string of the molecule is CN(Cc1ccncc1)S(=O)(=O)c1cccc(C(=O)O)c1. The molecule has 0 unspecified atom stereocenters. The Kier molecular flexibility index (Phi) is 4.35. The van der Waals surface area contributed by atoms with Crippen molar-refractivity contribution >= 4 is 16.0 Å². The van der Waals surface area contributed by atoms with Gasteiger partial charge in [-0.25, -0.2) is 13.2 Å². The van der Waals surface area contributed by atoms with E-state index in [9.17, 15) is 13.2 Å². The molecule has 110 valence electrons. The lowest BCUT2D eigenvalue weighted by Crippen LogP contribution is -2.26. The smallest absolute Gasteiger partial charge is 0.335 e. The van der Waals surface area contributed by atoms with Gasteiger partial charge in [-0.15, -0.1) is 0 Å². The molecule has 0 fully saturated rings. The van der Waals surface area contributed by atoms with E-state index in [0.29, 0.717) is 0 Å². The van der Waals surface area contributed by atoms with Gasteiger partial charge in [0.15, 0.2) is 0 Å². The quantitative estimate of drug-likeness (QED) is 0.906. The highest BCUT2D eigenvalue weighted by Crippen LogP contribution is 2.18. The second kappa shape index (κ2) is 6.02. The molecule has 0 radical (unpaired) electrons. The zero-order valence-corrected chi connectivity index (χ0v) is 12.1. The number of sulfonamides is 1. The monoisotopic (exact) mass is 306 g/mol. The second-order valence-corrected chi connectivity index (χ2v) is 6.49. The molecule has 7 heteroatoms. The van der Waals surface area contributed by atoms with Gasteiger partial charge < -0.3 is 5.11 Å². The number of carbonyl (C=O) groups is 1. The highest BCUT2D eigenvalue weighted by atomic mass is 32.2. The molecular formula is C14H14N2O4S. The van der Waals surface area contributed by atoms with Gasteiger partial charge in [-0.05, 0) is 35.9 Å². The summed E-state index contributed by atoms with van der Waals surface area (Å²) in [4.78, 5) is 14.8. The van der Waals surface area contributed by atoms with Crippen molar-refractivity contribution in [1.82, 2.24) is 9.29 Å².